The highest BCUT2D eigenvalue weighted by atomic mass is 14.4. The first kappa shape index (κ1) is 15.0. The van der Waals surface area contributed by atoms with Crippen LogP contribution in [0, 0.1) is 30.1 Å². The largest absolute Gasteiger partial charge is 0.0654 e. The lowest BCUT2D eigenvalue weighted by Gasteiger charge is -2.46. The van der Waals surface area contributed by atoms with Gasteiger partial charge in [-0.15, -0.1) is 0 Å². The minimum absolute atomic E-state index is 0.449. The molecule has 0 aromatic heterocycles. The van der Waals surface area contributed by atoms with Crippen molar-refractivity contribution >= 4 is 0 Å². The minimum Gasteiger partial charge on any atom is -0.0654 e. The van der Waals surface area contributed by atoms with Crippen LogP contribution in [-0.4, -0.2) is 0 Å². The van der Waals surface area contributed by atoms with Gasteiger partial charge in [0.25, 0.3) is 0 Å². The molecule has 0 heteroatoms. The van der Waals surface area contributed by atoms with Crippen molar-refractivity contribution in [2.45, 2.75) is 67.2 Å². The molecular formula is C15H31. The van der Waals surface area contributed by atoms with Gasteiger partial charge in [0.1, 0.15) is 0 Å². The number of unbranched alkanes of at least 4 members (excludes halogenated alkanes) is 1. The van der Waals surface area contributed by atoms with Crippen LogP contribution in [0.15, 0.2) is 0 Å². The first-order chi connectivity index (χ1) is 6.93. The van der Waals surface area contributed by atoms with Crippen LogP contribution in [0.5, 0.6) is 0 Å². The van der Waals surface area contributed by atoms with Crippen LogP contribution in [0.3, 0.4) is 0 Å². The number of hydrogen-bond donors (Lipinski definition) is 0. The van der Waals surface area contributed by atoms with Gasteiger partial charge in [-0.2, -0.15) is 0 Å². The van der Waals surface area contributed by atoms with Gasteiger partial charge < -0.3 is 0 Å². The summed E-state index contributed by atoms with van der Waals surface area (Å²) >= 11 is 0. The van der Waals surface area contributed by atoms with E-state index in [0.29, 0.717) is 11.3 Å². The highest BCUT2D eigenvalue weighted by Gasteiger charge is 2.40. The summed E-state index contributed by atoms with van der Waals surface area (Å²) in [5.74, 6) is 2.09. The molecule has 0 saturated heterocycles. The van der Waals surface area contributed by atoms with Crippen molar-refractivity contribution < 1.29 is 0 Å². The van der Waals surface area contributed by atoms with E-state index in [0.717, 1.165) is 11.8 Å². The first-order valence-electron chi connectivity index (χ1n) is 6.76. The fourth-order valence-corrected chi connectivity index (χ4v) is 3.27. The van der Waals surface area contributed by atoms with Crippen LogP contribution in [0.2, 0.25) is 0 Å². The summed E-state index contributed by atoms with van der Waals surface area (Å²) in [5.41, 5.74) is 0.449. The van der Waals surface area contributed by atoms with Gasteiger partial charge in [-0.25, -0.2) is 0 Å². The van der Waals surface area contributed by atoms with Crippen LogP contribution in [-0.2, 0) is 0 Å². The minimum atomic E-state index is 0.449. The van der Waals surface area contributed by atoms with E-state index >= 15 is 0 Å². The Morgan fingerprint density at radius 3 is 1.87 bits per heavy atom. The third kappa shape index (κ3) is 3.23. The molecule has 91 valence electrons. The summed E-state index contributed by atoms with van der Waals surface area (Å²) in [6.45, 7) is 18.4. The van der Waals surface area contributed by atoms with E-state index in [2.05, 4.69) is 48.5 Å². The molecule has 3 atom stereocenters. The molecule has 0 bridgehead atoms. The molecule has 1 radical (unpaired) electrons. The summed E-state index contributed by atoms with van der Waals surface area (Å²) in [4.78, 5) is 0. The second kappa shape index (κ2) is 6.55. The maximum atomic E-state index is 4.35. The fraction of sp³-hybridized carbons (Fsp3) is 0.933. The van der Waals surface area contributed by atoms with Gasteiger partial charge in [-0.3, -0.25) is 0 Å². The monoisotopic (exact) mass is 211 g/mol. The molecular weight excluding hydrogens is 180 g/mol. The van der Waals surface area contributed by atoms with Crippen molar-refractivity contribution in [2.75, 3.05) is 0 Å². The molecule has 0 rings (SSSR count). The Hall–Kier alpha value is 0. The topological polar surface area (TPSA) is 0 Å². The lowest BCUT2D eigenvalue weighted by Crippen LogP contribution is -2.39. The van der Waals surface area contributed by atoms with Crippen LogP contribution >= 0.6 is 0 Å². The molecule has 0 aliphatic carbocycles. The molecule has 0 aliphatic heterocycles. The summed E-state index contributed by atoms with van der Waals surface area (Å²) < 4.78 is 0. The predicted octanol–water partition coefficient (Wildman–Crippen LogP) is 5.34. The zero-order valence-corrected chi connectivity index (χ0v) is 11.8. The summed E-state index contributed by atoms with van der Waals surface area (Å²) in [7, 11) is 0. The van der Waals surface area contributed by atoms with E-state index in [9.17, 15) is 0 Å². The van der Waals surface area contributed by atoms with Crippen molar-refractivity contribution in [3.05, 3.63) is 6.92 Å². The van der Waals surface area contributed by atoms with Crippen LogP contribution < -0.4 is 0 Å². The van der Waals surface area contributed by atoms with Gasteiger partial charge >= 0.3 is 0 Å². The Bertz CT molecular complexity index is 147. The molecule has 3 unspecified atom stereocenters. The molecule has 0 nitrogen and oxygen atoms in total. The molecule has 0 N–H and O–H groups in total. The zero-order valence-electron chi connectivity index (χ0n) is 11.8. The highest BCUT2D eigenvalue weighted by Crippen LogP contribution is 2.48. The average Bonchev–Trinajstić information content (AvgIpc) is 2.17. The van der Waals surface area contributed by atoms with Crippen molar-refractivity contribution in [2.24, 2.45) is 23.2 Å². The predicted molar refractivity (Wildman–Crippen MR) is 70.8 cm³/mol. The van der Waals surface area contributed by atoms with Gasteiger partial charge in [0.05, 0.1) is 0 Å². The molecule has 0 aromatic rings. The van der Waals surface area contributed by atoms with Crippen molar-refractivity contribution in [3.63, 3.8) is 0 Å². The fourth-order valence-electron chi connectivity index (χ4n) is 3.27. The van der Waals surface area contributed by atoms with Gasteiger partial charge in [0.15, 0.2) is 0 Å². The Labute approximate surface area is 97.8 Å². The van der Waals surface area contributed by atoms with E-state index < -0.39 is 0 Å². The molecule has 0 saturated carbocycles. The second-order valence-electron chi connectivity index (χ2n) is 5.58. The van der Waals surface area contributed by atoms with Gasteiger partial charge in [-0.1, -0.05) is 60.8 Å². The van der Waals surface area contributed by atoms with Gasteiger partial charge in [-0.05, 0) is 36.5 Å². The van der Waals surface area contributed by atoms with Crippen LogP contribution in [0.1, 0.15) is 67.2 Å². The van der Waals surface area contributed by atoms with E-state index in [1.807, 2.05) is 0 Å². The van der Waals surface area contributed by atoms with Gasteiger partial charge in [0, 0.05) is 0 Å². The first-order valence-corrected chi connectivity index (χ1v) is 6.76. The Kier molecular flexibility index (Phi) is 6.55. The smallest absolute Gasteiger partial charge is 0.0223 e. The Balaban J connectivity index is 4.90. The standard InChI is InChI=1S/C15H31/c1-8-10-11-15(12(3)4,13(5)6)14(7)9-2/h12-14H,3,8-11H2,1-2,4-7H3. The second-order valence-corrected chi connectivity index (χ2v) is 5.58. The van der Waals surface area contributed by atoms with Crippen molar-refractivity contribution in [1.82, 2.24) is 0 Å². The molecule has 0 aromatic carbocycles. The molecule has 0 aliphatic rings. The summed E-state index contributed by atoms with van der Waals surface area (Å²) in [6.07, 6.45) is 5.28. The van der Waals surface area contributed by atoms with Crippen molar-refractivity contribution in [1.29, 1.82) is 0 Å². The Morgan fingerprint density at radius 2 is 1.60 bits per heavy atom. The summed E-state index contributed by atoms with van der Waals surface area (Å²) in [6, 6.07) is 0. The highest BCUT2D eigenvalue weighted by molar-refractivity contribution is 4.91. The normalized spacial score (nSPS) is 15.0. The van der Waals surface area contributed by atoms with E-state index in [1.165, 1.54) is 25.7 Å². The van der Waals surface area contributed by atoms with E-state index in [1.54, 1.807) is 0 Å². The molecule has 0 spiro atoms. The van der Waals surface area contributed by atoms with Crippen LogP contribution in [0.25, 0.3) is 0 Å². The third-order valence-electron chi connectivity index (χ3n) is 4.49. The lowest BCUT2D eigenvalue weighted by atomic mass is 9.58. The molecule has 0 fully saturated rings. The van der Waals surface area contributed by atoms with Gasteiger partial charge in [0.2, 0.25) is 0 Å². The lowest BCUT2D eigenvalue weighted by molar-refractivity contribution is 0.0368. The maximum absolute atomic E-state index is 4.35. The SMILES string of the molecule is [CH2]C(C)C(CCCC)(C(C)C)C(C)CC. The molecule has 15 heavy (non-hydrogen) atoms. The Morgan fingerprint density at radius 1 is 1.07 bits per heavy atom. The number of rotatable bonds is 7. The van der Waals surface area contributed by atoms with Crippen LogP contribution in [0.4, 0.5) is 0 Å². The molecule has 0 amide bonds. The average molecular weight is 211 g/mol. The number of hydrogen-bond acceptors (Lipinski definition) is 0. The molecule has 0 heterocycles. The maximum Gasteiger partial charge on any atom is -0.0223 e. The quantitative estimate of drug-likeness (QED) is 0.533. The van der Waals surface area contributed by atoms with Crippen molar-refractivity contribution in [3.8, 4) is 0 Å². The zero-order chi connectivity index (χ0) is 12.1. The van der Waals surface area contributed by atoms with E-state index in [-0.39, 0.29) is 0 Å². The summed E-state index contributed by atoms with van der Waals surface area (Å²) in [5, 5.41) is 0. The third-order valence-corrected chi connectivity index (χ3v) is 4.49. The van der Waals surface area contributed by atoms with E-state index in [4.69, 9.17) is 0 Å².